The third-order valence-electron chi connectivity index (χ3n) is 4.25. The first kappa shape index (κ1) is 16.9. The molecule has 0 unspecified atom stereocenters. The van der Waals surface area contributed by atoms with E-state index in [9.17, 15) is 4.79 Å². The molecule has 1 aromatic rings. The van der Waals surface area contributed by atoms with Crippen molar-refractivity contribution in [3.63, 3.8) is 0 Å². The SMILES string of the molecule is Cl.O=C(C1CCNCC1)N1CCc2c(Cl)cc(Cl)cc2C1. The molecule has 1 fully saturated rings. The number of nitrogens with one attached hydrogen (secondary N) is 1. The second-order valence-electron chi connectivity index (χ2n) is 5.56. The number of hydrogen-bond donors (Lipinski definition) is 1. The van der Waals surface area contributed by atoms with E-state index in [0.29, 0.717) is 11.6 Å². The fourth-order valence-electron chi connectivity index (χ4n) is 3.12. The van der Waals surface area contributed by atoms with Gasteiger partial charge in [-0.2, -0.15) is 0 Å². The largest absolute Gasteiger partial charge is 0.338 e. The Kier molecular flexibility index (Phi) is 5.78. The maximum atomic E-state index is 12.6. The van der Waals surface area contributed by atoms with E-state index in [1.165, 1.54) is 0 Å². The predicted octanol–water partition coefficient (Wildman–Crippen LogP) is 3.30. The number of fused-ring (bicyclic) bond motifs is 1. The van der Waals surface area contributed by atoms with Gasteiger partial charge >= 0.3 is 0 Å². The van der Waals surface area contributed by atoms with Crippen LogP contribution in [0, 0.1) is 5.92 Å². The van der Waals surface area contributed by atoms with Crippen LogP contribution in [-0.4, -0.2) is 30.4 Å². The fraction of sp³-hybridized carbons (Fsp3) is 0.533. The fourth-order valence-corrected chi connectivity index (χ4v) is 3.75. The summed E-state index contributed by atoms with van der Waals surface area (Å²) in [6.45, 7) is 3.28. The third-order valence-corrected chi connectivity index (χ3v) is 4.80. The average molecular weight is 350 g/mol. The molecule has 0 spiro atoms. The first-order valence-corrected chi connectivity index (χ1v) is 7.87. The van der Waals surface area contributed by atoms with Gasteiger partial charge in [-0.25, -0.2) is 0 Å². The summed E-state index contributed by atoms with van der Waals surface area (Å²) in [7, 11) is 0. The molecule has 1 N–H and O–H groups in total. The van der Waals surface area contributed by atoms with Crippen molar-refractivity contribution in [1.29, 1.82) is 0 Å². The standard InChI is InChI=1S/C15H18Cl2N2O.ClH/c16-12-7-11-9-19(6-3-13(11)14(17)8-12)15(20)10-1-4-18-5-2-10;/h7-8,10,18H,1-6,9H2;1H. The third kappa shape index (κ3) is 3.65. The molecule has 2 aliphatic rings. The van der Waals surface area contributed by atoms with E-state index in [0.717, 1.165) is 55.0 Å². The maximum absolute atomic E-state index is 12.6. The molecule has 0 radical (unpaired) electrons. The monoisotopic (exact) mass is 348 g/mol. The molecule has 1 aromatic carbocycles. The molecule has 0 bridgehead atoms. The normalized spacial score (nSPS) is 18.9. The highest BCUT2D eigenvalue weighted by molar-refractivity contribution is 6.35. The summed E-state index contributed by atoms with van der Waals surface area (Å²) >= 11 is 12.3. The summed E-state index contributed by atoms with van der Waals surface area (Å²) in [6.07, 6.45) is 2.71. The van der Waals surface area contributed by atoms with E-state index < -0.39 is 0 Å². The molecule has 116 valence electrons. The van der Waals surface area contributed by atoms with Crippen LogP contribution in [0.15, 0.2) is 12.1 Å². The number of rotatable bonds is 1. The molecule has 0 saturated carbocycles. The molecular formula is C15H19Cl3N2O. The molecule has 3 nitrogen and oxygen atoms in total. The summed E-state index contributed by atoms with van der Waals surface area (Å²) < 4.78 is 0. The van der Waals surface area contributed by atoms with Gasteiger partial charge in [-0.1, -0.05) is 23.2 Å². The van der Waals surface area contributed by atoms with Gasteiger partial charge in [0.1, 0.15) is 0 Å². The number of carbonyl (C=O) groups excluding carboxylic acids is 1. The minimum Gasteiger partial charge on any atom is -0.338 e. The van der Waals surface area contributed by atoms with Crippen molar-refractivity contribution < 1.29 is 4.79 Å². The molecule has 1 amide bonds. The molecule has 2 heterocycles. The van der Waals surface area contributed by atoms with Gasteiger partial charge in [0.05, 0.1) is 0 Å². The Morgan fingerprint density at radius 2 is 1.95 bits per heavy atom. The molecule has 6 heteroatoms. The molecular weight excluding hydrogens is 331 g/mol. The second-order valence-corrected chi connectivity index (χ2v) is 6.40. The van der Waals surface area contributed by atoms with Gasteiger partial charge in [0.15, 0.2) is 0 Å². The average Bonchev–Trinajstić information content (AvgIpc) is 2.46. The van der Waals surface area contributed by atoms with Gasteiger partial charge in [0.25, 0.3) is 0 Å². The Morgan fingerprint density at radius 1 is 1.24 bits per heavy atom. The number of hydrogen-bond acceptors (Lipinski definition) is 2. The highest BCUT2D eigenvalue weighted by Gasteiger charge is 2.29. The lowest BCUT2D eigenvalue weighted by Gasteiger charge is -2.33. The lowest BCUT2D eigenvalue weighted by Crippen LogP contribution is -2.43. The number of amides is 1. The number of halogens is 3. The Balaban J connectivity index is 0.00000161. The van der Waals surface area contributed by atoms with Crippen molar-refractivity contribution in [1.82, 2.24) is 10.2 Å². The molecule has 0 aliphatic carbocycles. The highest BCUT2D eigenvalue weighted by Crippen LogP contribution is 2.30. The van der Waals surface area contributed by atoms with E-state index in [-0.39, 0.29) is 24.2 Å². The quantitative estimate of drug-likeness (QED) is 0.843. The molecule has 0 aromatic heterocycles. The van der Waals surface area contributed by atoms with Crippen LogP contribution in [-0.2, 0) is 17.8 Å². The van der Waals surface area contributed by atoms with E-state index in [1.807, 2.05) is 11.0 Å². The van der Waals surface area contributed by atoms with Crippen LogP contribution in [0.4, 0.5) is 0 Å². The first-order valence-electron chi connectivity index (χ1n) is 7.11. The molecule has 2 aliphatic heterocycles. The van der Waals surface area contributed by atoms with Crippen LogP contribution in [0.1, 0.15) is 24.0 Å². The number of piperidine rings is 1. The zero-order valence-electron chi connectivity index (χ0n) is 11.7. The van der Waals surface area contributed by atoms with Crippen molar-refractivity contribution in [3.8, 4) is 0 Å². The Hall–Kier alpha value is -0.480. The van der Waals surface area contributed by atoms with Crippen molar-refractivity contribution in [2.24, 2.45) is 5.92 Å². The van der Waals surface area contributed by atoms with Crippen LogP contribution >= 0.6 is 35.6 Å². The maximum Gasteiger partial charge on any atom is 0.226 e. The van der Waals surface area contributed by atoms with Crippen molar-refractivity contribution in [2.75, 3.05) is 19.6 Å². The Morgan fingerprint density at radius 3 is 2.67 bits per heavy atom. The lowest BCUT2D eigenvalue weighted by atomic mass is 9.94. The summed E-state index contributed by atoms with van der Waals surface area (Å²) in [6, 6.07) is 3.72. The highest BCUT2D eigenvalue weighted by atomic mass is 35.5. The summed E-state index contributed by atoms with van der Waals surface area (Å²) in [5, 5.41) is 4.66. The van der Waals surface area contributed by atoms with Gasteiger partial charge < -0.3 is 10.2 Å². The minimum absolute atomic E-state index is 0. The van der Waals surface area contributed by atoms with E-state index >= 15 is 0 Å². The zero-order valence-corrected chi connectivity index (χ0v) is 14.0. The lowest BCUT2D eigenvalue weighted by molar-refractivity contribution is -0.137. The van der Waals surface area contributed by atoms with Crippen LogP contribution in [0.3, 0.4) is 0 Å². The van der Waals surface area contributed by atoms with Crippen LogP contribution in [0.2, 0.25) is 10.0 Å². The number of benzene rings is 1. The van der Waals surface area contributed by atoms with Crippen molar-refractivity contribution in [2.45, 2.75) is 25.8 Å². The van der Waals surface area contributed by atoms with Gasteiger partial charge in [-0.05, 0) is 55.6 Å². The summed E-state index contributed by atoms with van der Waals surface area (Å²) in [4.78, 5) is 14.5. The molecule has 3 rings (SSSR count). The first-order chi connectivity index (χ1) is 9.65. The van der Waals surface area contributed by atoms with Gasteiger partial charge in [0, 0.05) is 29.1 Å². The van der Waals surface area contributed by atoms with Crippen molar-refractivity contribution in [3.05, 3.63) is 33.3 Å². The van der Waals surface area contributed by atoms with Gasteiger partial charge in [0.2, 0.25) is 5.91 Å². The summed E-state index contributed by atoms with van der Waals surface area (Å²) in [5.41, 5.74) is 2.24. The topological polar surface area (TPSA) is 32.3 Å². The Bertz CT molecular complexity index is 530. The molecule has 0 atom stereocenters. The van der Waals surface area contributed by atoms with E-state index in [2.05, 4.69) is 5.32 Å². The van der Waals surface area contributed by atoms with Crippen LogP contribution < -0.4 is 5.32 Å². The summed E-state index contributed by atoms with van der Waals surface area (Å²) in [5.74, 6) is 0.459. The van der Waals surface area contributed by atoms with Gasteiger partial charge in [-0.3, -0.25) is 4.79 Å². The van der Waals surface area contributed by atoms with E-state index in [4.69, 9.17) is 23.2 Å². The Labute approximate surface area is 141 Å². The van der Waals surface area contributed by atoms with Crippen molar-refractivity contribution >= 4 is 41.5 Å². The zero-order chi connectivity index (χ0) is 14.1. The smallest absolute Gasteiger partial charge is 0.226 e. The molecule has 21 heavy (non-hydrogen) atoms. The van der Waals surface area contributed by atoms with Crippen LogP contribution in [0.25, 0.3) is 0 Å². The van der Waals surface area contributed by atoms with Gasteiger partial charge in [-0.15, -0.1) is 12.4 Å². The number of nitrogens with zero attached hydrogens (tertiary/aromatic N) is 1. The van der Waals surface area contributed by atoms with E-state index in [1.54, 1.807) is 6.07 Å². The number of carbonyl (C=O) groups is 1. The predicted molar refractivity (Wildman–Crippen MR) is 88.4 cm³/mol. The second kappa shape index (κ2) is 7.19. The van der Waals surface area contributed by atoms with Crippen LogP contribution in [0.5, 0.6) is 0 Å². The molecule has 1 saturated heterocycles. The minimum atomic E-state index is 0.